The molecule has 6 heteroatoms. The predicted molar refractivity (Wildman–Crippen MR) is 94.5 cm³/mol. The third kappa shape index (κ3) is 3.06. The Morgan fingerprint density at radius 1 is 0.846 bits per heavy atom. The highest BCUT2D eigenvalue weighted by Gasteiger charge is 2.30. The lowest BCUT2D eigenvalue weighted by Crippen LogP contribution is -2.04. The highest BCUT2D eigenvalue weighted by molar-refractivity contribution is 5.80. The van der Waals surface area contributed by atoms with Gasteiger partial charge in [-0.15, -0.1) is 0 Å². The molecule has 0 amide bonds. The molecular weight excluding hydrogens is 339 g/mol. The van der Waals surface area contributed by atoms with E-state index in [1.165, 1.54) is 6.07 Å². The van der Waals surface area contributed by atoms with Gasteiger partial charge in [-0.25, -0.2) is 4.98 Å². The van der Waals surface area contributed by atoms with Gasteiger partial charge in [0.2, 0.25) is 0 Å². The summed E-state index contributed by atoms with van der Waals surface area (Å²) in [6.45, 7) is 1.93. The molecule has 0 aliphatic rings. The molecule has 0 spiro atoms. The number of aryl methyl sites for hydroxylation is 1. The van der Waals surface area contributed by atoms with Crippen LogP contribution in [0.1, 0.15) is 11.3 Å². The number of benzene rings is 2. The minimum Gasteiger partial charge on any atom is -0.338 e. The van der Waals surface area contributed by atoms with E-state index in [1.807, 2.05) is 49.5 Å². The van der Waals surface area contributed by atoms with Gasteiger partial charge in [-0.3, -0.25) is 4.98 Å². The second kappa shape index (κ2) is 5.98. The summed E-state index contributed by atoms with van der Waals surface area (Å²) >= 11 is 0. The second-order valence-corrected chi connectivity index (χ2v) is 6.08. The van der Waals surface area contributed by atoms with Crippen LogP contribution in [0.2, 0.25) is 0 Å². The van der Waals surface area contributed by atoms with Gasteiger partial charge < -0.3 is 4.98 Å². The zero-order valence-electron chi connectivity index (χ0n) is 13.8. The van der Waals surface area contributed by atoms with Gasteiger partial charge in [-0.1, -0.05) is 30.3 Å². The average Bonchev–Trinajstić information content (AvgIpc) is 3.05. The highest BCUT2D eigenvalue weighted by atomic mass is 19.4. The minimum atomic E-state index is -4.37. The molecule has 0 aliphatic heterocycles. The molecule has 0 saturated heterocycles. The summed E-state index contributed by atoms with van der Waals surface area (Å²) in [4.78, 5) is 11.6. The number of hydrogen-bond donors (Lipinski definition) is 1. The summed E-state index contributed by atoms with van der Waals surface area (Å²) in [5, 5.41) is 0. The monoisotopic (exact) mass is 353 g/mol. The maximum atomic E-state index is 12.8. The first-order valence-electron chi connectivity index (χ1n) is 8.00. The Balaban J connectivity index is 1.68. The molecule has 2 aromatic carbocycles. The maximum Gasteiger partial charge on any atom is 0.416 e. The molecule has 2 heterocycles. The lowest BCUT2D eigenvalue weighted by Gasteiger charge is -2.05. The van der Waals surface area contributed by atoms with E-state index in [4.69, 9.17) is 0 Å². The number of hydrogen-bond acceptors (Lipinski definition) is 2. The van der Waals surface area contributed by atoms with Crippen LogP contribution in [0.4, 0.5) is 13.2 Å². The summed E-state index contributed by atoms with van der Waals surface area (Å²) in [7, 11) is 0. The van der Waals surface area contributed by atoms with Gasteiger partial charge >= 0.3 is 6.18 Å². The molecule has 1 N–H and O–H groups in total. The Morgan fingerprint density at radius 3 is 2.19 bits per heavy atom. The fourth-order valence-corrected chi connectivity index (χ4v) is 2.78. The average molecular weight is 353 g/mol. The van der Waals surface area contributed by atoms with Crippen LogP contribution in [0.25, 0.3) is 33.5 Å². The van der Waals surface area contributed by atoms with Gasteiger partial charge in [0.25, 0.3) is 0 Å². The summed E-state index contributed by atoms with van der Waals surface area (Å²) in [6, 6.07) is 15.1. The Kier molecular flexibility index (Phi) is 3.76. The molecule has 4 aromatic rings. The van der Waals surface area contributed by atoms with Gasteiger partial charge in [-0.2, -0.15) is 13.2 Å². The molecule has 0 radical (unpaired) electrons. The van der Waals surface area contributed by atoms with Crippen LogP contribution in [-0.4, -0.2) is 15.0 Å². The van der Waals surface area contributed by atoms with E-state index in [9.17, 15) is 13.2 Å². The van der Waals surface area contributed by atoms with Crippen LogP contribution in [-0.2, 0) is 6.18 Å². The lowest BCUT2D eigenvalue weighted by molar-refractivity contribution is -0.137. The molecule has 0 aliphatic carbocycles. The van der Waals surface area contributed by atoms with Crippen LogP contribution in [0.15, 0.2) is 60.8 Å². The Hall–Kier alpha value is -3.15. The predicted octanol–water partition coefficient (Wildman–Crippen LogP) is 5.62. The van der Waals surface area contributed by atoms with Crippen molar-refractivity contribution in [2.75, 3.05) is 0 Å². The number of alkyl halides is 3. The van der Waals surface area contributed by atoms with Crippen molar-refractivity contribution in [2.24, 2.45) is 0 Å². The van der Waals surface area contributed by atoms with Crippen LogP contribution in [0, 0.1) is 6.92 Å². The molecule has 0 saturated carbocycles. The summed E-state index contributed by atoms with van der Waals surface area (Å²) in [5.74, 6) is 0.535. The number of aromatic amines is 1. The number of fused-ring (bicyclic) bond motifs is 1. The van der Waals surface area contributed by atoms with Crippen molar-refractivity contribution in [3.63, 3.8) is 0 Å². The first kappa shape index (κ1) is 16.3. The van der Waals surface area contributed by atoms with E-state index in [0.717, 1.165) is 34.5 Å². The molecular formula is C20H14F3N3. The number of nitrogens with zero attached hydrogens (tertiary/aromatic N) is 2. The lowest BCUT2D eigenvalue weighted by atomic mass is 10.1. The Morgan fingerprint density at radius 2 is 1.54 bits per heavy atom. The number of halogens is 3. The van der Waals surface area contributed by atoms with Crippen LogP contribution in [0.3, 0.4) is 0 Å². The largest absolute Gasteiger partial charge is 0.416 e. The fraction of sp³-hybridized carbons (Fsp3) is 0.100. The standard InChI is InChI=1S/C20H14F3N3/c1-12-2-3-15(11-24-12)13-4-6-14(7-5-13)19-25-17-9-8-16(20(21,22)23)10-18(17)26-19/h2-11H,1H3,(H,25,26). The Labute approximate surface area is 147 Å². The molecule has 3 nitrogen and oxygen atoms in total. The number of nitrogens with one attached hydrogen (secondary N) is 1. The van der Waals surface area contributed by atoms with Gasteiger partial charge in [-0.05, 0) is 36.8 Å². The number of H-pyrrole nitrogens is 1. The van der Waals surface area contributed by atoms with Crippen molar-refractivity contribution in [2.45, 2.75) is 13.1 Å². The van der Waals surface area contributed by atoms with Crippen molar-refractivity contribution < 1.29 is 13.2 Å². The second-order valence-electron chi connectivity index (χ2n) is 6.08. The van der Waals surface area contributed by atoms with Gasteiger partial charge in [0.1, 0.15) is 5.82 Å². The molecule has 26 heavy (non-hydrogen) atoms. The first-order chi connectivity index (χ1) is 12.4. The summed E-state index contributed by atoms with van der Waals surface area (Å²) in [6.07, 6.45) is -2.56. The SMILES string of the molecule is Cc1ccc(-c2ccc(-c3nc4ccc(C(F)(F)F)cc4[nH]3)cc2)cn1. The third-order valence-electron chi connectivity index (χ3n) is 4.21. The molecule has 0 fully saturated rings. The number of rotatable bonds is 2. The zero-order chi connectivity index (χ0) is 18.3. The Bertz CT molecular complexity index is 1060. The van der Waals surface area contributed by atoms with Crippen LogP contribution >= 0.6 is 0 Å². The fourth-order valence-electron chi connectivity index (χ4n) is 2.78. The van der Waals surface area contributed by atoms with Crippen molar-refractivity contribution >= 4 is 11.0 Å². The summed E-state index contributed by atoms with van der Waals surface area (Å²) < 4.78 is 38.5. The van der Waals surface area contributed by atoms with Crippen LogP contribution < -0.4 is 0 Å². The highest BCUT2D eigenvalue weighted by Crippen LogP contribution is 2.32. The zero-order valence-corrected chi connectivity index (χ0v) is 13.8. The maximum absolute atomic E-state index is 12.8. The smallest absolute Gasteiger partial charge is 0.338 e. The van der Waals surface area contributed by atoms with E-state index >= 15 is 0 Å². The van der Waals surface area contributed by atoms with E-state index in [2.05, 4.69) is 15.0 Å². The first-order valence-corrected chi connectivity index (χ1v) is 8.00. The number of pyridine rings is 1. The van der Waals surface area contributed by atoms with Gasteiger partial charge in [0, 0.05) is 23.0 Å². The third-order valence-corrected chi connectivity index (χ3v) is 4.21. The quantitative estimate of drug-likeness (QED) is 0.508. The summed E-state index contributed by atoms with van der Waals surface area (Å²) in [5.41, 5.74) is 3.94. The van der Waals surface area contributed by atoms with Crippen molar-refractivity contribution in [1.29, 1.82) is 0 Å². The van der Waals surface area contributed by atoms with Crippen molar-refractivity contribution in [3.05, 3.63) is 72.1 Å². The topological polar surface area (TPSA) is 41.6 Å². The van der Waals surface area contributed by atoms with Crippen molar-refractivity contribution in [3.8, 4) is 22.5 Å². The van der Waals surface area contributed by atoms with E-state index in [-0.39, 0.29) is 0 Å². The molecule has 0 unspecified atom stereocenters. The van der Waals surface area contributed by atoms with Crippen molar-refractivity contribution in [1.82, 2.24) is 15.0 Å². The van der Waals surface area contributed by atoms with Crippen LogP contribution in [0.5, 0.6) is 0 Å². The molecule has 0 atom stereocenters. The normalized spacial score (nSPS) is 11.8. The van der Waals surface area contributed by atoms with Gasteiger partial charge in [0.15, 0.2) is 0 Å². The number of imidazole rings is 1. The van der Waals surface area contributed by atoms with Gasteiger partial charge in [0.05, 0.1) is 16.6 Å². The van der Waals surface area contributed by atoms with E-state index < -0.39 is 11.7 Å². The molecule has 4 rings (SSSR count). The molecule has 2 aromatic heterocycles. The number of aromatic nitrogens is 3. The van der Waals surface area contributed by atoms with E-state index in [0.29, 0.717) is 16.9 Å². The molecule has 130 valence electrons. The molecule has 0 bridgehead atoms. The minimum absolute atomic E-state index is 0.363. The van der Waals surface area contributed by atoms with E-state index in [1.54, 1.807) is 0 Å².